The molecule has 1 saturated heterocycles. The van der Waals surface area contributed by atoms with Crippen LogP contribution in [0.25, 0.3) is 0 Å². The zero-order valence-corrected chi connectivity index (χ0v) is 20.4. The van der Waals surface area contributed by atoms with Crippen LogP contribution < -0.4 is 0 Å². The molecule has 1 fully saturated rings. The molecule has 1 aliphatic carbocycles. The van der Waals surface area contributed by atoms with Crippen LogP contribution in [0.3, 0.4) is 0 Å². The second-order valence-corrected chi connectivity index (χ2v) is 9.29. The Morgan fingerprint density at radius 3 is 2.71 bits per heavy atom. The maximum absolute atomic E-state index is 12.9. The third-order valence-electron chi connectivity index (χ3n) is 6.09. The fraction of sp³-hybridized carbons (Fsp3) is 0.500. The van der Waals surface area contributed by atoms with Crippen LogP contribution >= 0.6 is 11.6 Å². The van der Waals surface area contributed by atoms with Crippen LogP contribution in [-0.4, -0.2) is 52.2 Å². The minimum atomic E-state index is -0.317. The Kier molecular flexibility index (Phi) is 9.57. The molecule has 8 heteroatoms. The molecule has 2 N–H and O–H groups in total. The zero-order valence-electron chi connectivity index (χ0n) is 19.6. The highest BCUT2D eigenvalue weighted by atomic mass is 35.5. The maximum Gasteiger partial charge on any atom is 0.263 e. The van der Waals surface area contributed by atoms with E-state index in [0.717, 1.165) is 51.3 Å². The summed E-state index contributed by atoms with van der Waals surface area (Å²) in [6, 6.07) is 1.09. The number of ketones is 1. The number of piperidine rings is 1. The Bertz CT molecular complexity index is 980. The lowest BCUT2D eigenvalue weighted by atomic mass is 9.94. The molecule has 3 rings (SSSR count). The van der Waals surface area contributed by atoms with Crippen molar-refractivity contribution in [3.63, 3.8) is 0 Å². The van der Waals surface area contributed by atoms with E-state index < -0.39 is 0 Å². The van der Waals surface area contributed by atoms with Crippen molar-refractivity contribution in [1.29, 1.82) is 0 Å². The quantitative estimate of drug-likeness (QED) is 0.451. The zero-order chi connectivity index (χ0) is 24.5. The first-order valence-electron chi connectivity index (χ1n) is 11.9. The number of phenolic OH excluding ortho intramolecular Hbond substituents is 2. The number of halogens is 1. The van der Waals surface area contributed by atoms with Crippen LogP contribution in [0.2, 0.25) is 5.02 Å². The molecule has 184 valence electrons. The molecule has 1 aromatic carbocycles. The summed E-state index contributed by atoms with van der Waals surface area (Å²) in [5.41, 5.74) is 0.808. The predicted molar refractivity (Wildman–Crippen MR) is 133 cm³/mol. The number of carbonyl (C=O) groups is 2. The van der Waals surface area contributed by atoms with Crippen molar-refractivity contribution in [3.05, 3.63) is 46.5 Å². The lowest BCUT2D eigenvalue weighted by Crippen LogP contribution is -2.37. The van der Waals surface area contributed by atoms with Gasteiger partial charge in [-0.25, -0.2) is 0 Å². The summed E-state index contributed by atoms with van der Waals surface area (Å²) in [7, 11) is 0. The van der Waals surface area contributed by atoms with Crippen LogP contribution in [0.4, 0.5) is 0 Å². The van der Waals surface area contributed by atoms with Gasteiger partial charge in [0, 0.05) is 32.0 Å². The fourth-order valence-corrected chi connectivity index (χ4v) is 4.42. The topological polar surface area (TPSA) is 99.4 Å². The molecule has 0 aromatic heterocycles. The minimum absolute atomic E-state index is 0.00741. The molecule has 0 radical (unpaired) electrons. The molecule has 7 nitrogen and oxygen atoms in total. The number of allylic oxidation sites excluding steroid dienone is 4. The van der Waals surface area contributed by atoms with Gasteiger partial charge in [-0.15, -0.1) is 0 Å². The number of benzene rings is 1. The average Bonchev–Trinajstić information content (AvgIpc) is 2.81. The van der Waals surface area contributed by atoms with E-state index in [-0.39, 0.29) is 53.2 Å². The third kappa shape index (κ3) is 7.10. The first-order chi connectivity index (χ1) is 16.4. The van der Waals surface area contributed by atoms with Crippen molar-refractivity contribution < 1.29 is 24.6 Å². The number of oxime groups is 1. The molecule has 1 aliphatic heterocycles. The second-order valence-electron chi connectivity index (χ2n) is 8.92. The average molecular weight is 489 g/mol. The number of amides is 1. The Morgan fingerprint density at radius 2 is 1.94 bits per heavy atom. The van der Waals surface area contributed by atoms with Crippen molar-refractivity contribution in [2.75, 3.05) is 19.7 Å². The highest BCUT2D eigenvalue weighted by molar-refractivity contribution is 6.33. The van der Waals surface area contributed by atoms with Crippen LogP contribution in [0.5, 0.6) is 11.5 Å². The summed E-state index contributed by atoms with van der Waals surface area (Å²) in [6.07, 6.45) is 13.5. The summed E-state index contributed by atoms with van der Waals surface area (Å²) in [5, 5.41) is 24.8. The molecule has 2 aliphatic rings. The van der Waals surface area contributed by atoms with Gasteiger partial charge in [0.1, 0.15) is 11.5 Å². The molecule has 1 amide bonds. The number of nitrogens with zero attached hydrogens (tertiary/aromatic N) is 2. The molecule has 1 unspecified atom stereocenters. The van der Waals surface area contributed by atoms with E-state index in [1.165, 1.54) is 0 Å². The smallest absolute Gasteiger partial charge is 0.263 e. The van der Waals surface area contributed by atoms with Gasteiger partial charge in [0.2, 0.25) is 0 Å². The highest BCUT2D eigenvalue weighted by Gasteiger charge is 2.23. The summed E-state index contributed by atoms with van der Waals surface area (Å²) < 4.78 is 0. The number of fused-ring (bicyclic) bond motifs is 1. The number of Topliss-reactive ketones (excluding diaryl/α,β-unsaturated/α-hetero) is 1. The van der Waals surface area contributed by atoms with Crippen molar-refractivity contribution in [2.45, 2.75) is 58.3 Å². The molecule has 1 heterocycles. The standard InChI is InChI=1S/C26H33ClN2O5/c1-18-9-4-2-5-12-21(30)25-20(26(27)23(32)16-22(25)31)15-19(11-8-10-18)28-34-17-24(33)29-13-6-3-7-14-29/h4,8-9,11,16,18,31-32H,2-3,5-7,10,12-15,17H2,1H3/b9-4+,11-8+,28-19-. The SMILES string of the molecule is CC1/C=C/CCCC(=O)c2c(O)cc(O)c(Cl)c2CC(=N\OCC(=O)N2CCCCC2)/C=C/C1. The second kappa shape index (κ2) is 12.6. The Balaban J connectivity index is 1.88. The van der Waals surface area contributed by atoms with Crippen LogP contribution in [0.15, 0.2) is 35.5 Å². The number of aromatic hydroxyl groups is 2. The van der Waals surface area contributed by atoms with Crippen LogP contribution in [-0.2, 0) is 16.1 Å². The first kappa shape index (κ1) is 25.8. The van der Waals surface area contributed by atoms with E-state index in [1.54, 1.807) is 11.0 Å². The maximum atomic E-state index is 12.9. The van der Waals surface area contributed by atoms with Crippen LogP contribution in [0, 0.1) is 5.92 Å². The van der Waals surface area contributed by atoms with E-state index in [2.05, 4.69) is 24.2 Å². The molecule has 0 bridgehead atoms. The Hall–Kier alpha value is -2.80. The Morgan fingerprint density at radius 1 is 1.18 bits per heavy atom. The van der Waals surface area contributed by atoms with E-state index in [4.69, 9.17) is 16.4 Å². The molecule has 0 spiro atoms. The van der Waals surface area contributed by atoms with Crippen molar-refractivity contribution in [2.24, 2.45) is 11.1 Å². The molecular weight excluding hydrogens is 456 g/mol. The number of carbonyl (C=O) groups excluding carboxylic acids is 2. The summed E-state index contributed by atoms with van der Waals surface area (Å²) in [4.78, 5) is 32.5. The normalized spacial score (nSPS) is 23.1. The van der Waals surface area contributed by atoms with Crippen LogP contribution in [0.1, 0.15) is 67.8 Å². The number of phenols is 2. The minimum Gasteiger partial charge on any atom is -0.507 e. The van der Waals surface area contributed by atoms with E-state index >= 15 is 0 Å². The van der Waals surface area contributed by atoms with E-state index in [1.807, 2.05) is 6.08 Å². The molecule has 34 heavy (non-hydrogen) atoms. The lowest BCUT2D eigenvalue weighted by molar-refractivity contribution is -0.137. The molecule has 0 saturated carbocycles. The van der Waals surface area contributed by atoms with E-state index in [0.29, 0.717) is 23.6 Å². The predicted octanol–water partition coefficient (Wildman–Crippen LogP) is 5.18. The fourth-order valence-electron chi connectivity index (χ4n) is 4.20. The summed E-state index contributed by atoms with van der Waals surface area (Å²) in [5.74, 6) is -0.689. The number of likely N-dealkylation sites (tertiary alicyclic amines) is 1. The van der Waals surface area contributed by atoms with Gasteiger partial charge < -0.3 is 20.0 Å². The van der Waals surface area contributed by atoms with E-state index in [9.17, 15) is 19.8 Å². The summed E-state index contributed by atoms with van der Waals surface area (Å²) in [6.45, 7) is 3.38. The lowest BCUT2D eigenvalue weighted by Gasteiger charge is -2.26. The molecular formula is C26H33ClN2O5. The molecule has 1 atom stereocenters. The van der Waals surface area contributed by atoms with Gasteiger partial charge in [-0.3, -0.25) is 9.59 Å². The van der Waals surface area contributed by atoms with Gasteiger partial charge in [-0.1, -0.05) is 41.9 Å². The highest BCUT2D eigenvalue weighted by Crippen LogP contribution is 2.37. The van der Waals surface area contributed by atoms with Gasteiger partial charge in [0.15, 0.2) is 12.4 Å². The van der Waals surface area contributed by atoms with Gasteiger partial charge in [-0.2, -0.15) is 0 Å². The van der Waals surface area contributed by atoms with Gasteiger partial charge >= 0.3 is 0 Å². The van der Waals surface area contributed by atoms with Gasteiger partial charge in [0.25, 0.3) is 5.91 Å². The van der Waals surface area contributed by atoms with Crippen molar-refractivity contribution >= 4 is 29.0 Å². The summed E-state index contributed by atoms with van der Waals surface area (Å²) >= 11 is 6.37. The van der Waals surface area contributed by atoms with Crippen molar-refractivity contribution in [1.82, 2.24) is 4.90 Å². The number of hydrogen-bond donors (Lipinski definition) is 2. The van der Waals surface area contributed by atoms with Gasteiger partial charge in [-0.05, 0) is 56.1 Å². The monoisotopic (exact) mass is 488 g/mol. The molecule has 1 aromatic rings. The first-order valence-corrected chi connectivity index (χ1v) is 12.3. The Labute approximate surface area is 205 Å². The number of rotatable bonds is 3. The number of hydrogen-bond acceptors (Lipinski definition) is 6. The third-order valence-corrected chi connectivity index (χ3v) is 6.52. The van der Waals surface area contributed by atoms with Crippen molar-refractivity contribution in [3.8, 4) is 11.5 Å². The largest absolute Gasteiger partial charge is 0.507 e. The van der Waals surface area contributed by atoms with Gasteiger partial charge in [0.05, 0.1) is 16.3 Å².